The van der Waals surface area contributed by atoms with Crippen LogP contribution in [0.25, 0.3) is 0 Å². The van der Waals surface area contributed by atoms with Gasteiger partial charge < -0.3 is 14.8 Å². The van der Waals surface area contributed by atoms with E-state index in [0.717, 1.165) is 0 Å². The van der Waals surface area contributed by atoms with Crippen LogP contribution in [0.2, 0.25) is 10.2 Å². The first-order chi connectivity index (χ1) is 10.6. The number of methoxy groups -OCH3 is 1. The molecule has 2 aromatic rings. The number of ether oxygens (including phenoxy) is 2. The van der Waals surface area contributed by atoms with Crippen LogP contribution < -0.4 is 14.8 Å². The molecule has 2 rings (SSSR count). The zero-order valence-electron chi connectivity index (χ0n) is 11.8. The van der Waals surface area contributed by atoms with Gasteiger partial charge in [-0.3, -0.25) is 4.79 Å². The Morgan fingerprint density at radius 1 is 1.23 bits per heavy atom. The summed E-state index contributed by atoms with van der Waals surface area (Å²) in [5, 5.41) is 3.12. The van der Waals surface area contributed by atoms with E-state index in [1.807, 2.05) is 12.1 Å². The van der Waals surface area contributed by atoms with E-state index in [1.54, 1.807) is 19.2 Å². The van der Waals surface area contributed by atoms with Crippen molar-refractivity contribution in [3.63, 3.8) is 0 Å². The summed E-state index contributed by atoms with van der Waals surface area (Å²) in [5.74, 6) is 0.964. The summed E-state index contributed by atoms with van der Waals surface area (Å²) in [4.78, 5) is 15.8. The number of nitrogens with zero attached hydrogens (tertiary/aromatic N) is 1. The molecule has 1 aromatic heterocycles. The van der Waals surface area contributed by atoms with E-state index in [4.69, 9.17) is 32.7 Å². The first kappa shape index (κ1) is 16.4. The Hall–Kier alpha value is -1.98. The highest BCUT2D eigenvalue weighted by Gasteiger charge is 2.12. The number of amides is 1. The topological polar surface area (TPSA) is 60.5 Å². The third-order valence-electron chi connectivity index (χ3n) is 2.72. The molecule has 0 spiro atoms. The fourth-order valence-corrected chi connectivity index (χ4v) is 2.02. The van der Waals surface area contributed by atoms with Gasteiger partial charge in [-0.1, -0.05) is 29.3 Å². The van der Waals surface area contributed by atoms with Crippen molar-refractivity contribution in [1.29, 1.82) is 0 Å². The Morgan fingerprint density at radius 2 is 2.00 bits per heavy atom. The van der Waals surface area contributed by atoms with Gasteiger partial charge in [-0.2, -0.15) is 0 Å². The largest absolute Gasteiger partial charge is 0.497 e. The van der Waals surface area contributed by atoms with Crippen molar-refractivity contribution in [2.24, 2.45) is 0 Å². The lowest BCUT2D eigenvalue weighted by atomic mass is 10.3. The number of aromatic nitrogens is 1. The SMILES string of the molecule is COc1cccc(OCCNC(=O)c2nc(Cl)ccc2Cl)c1. The quantitative estimate of drug-likeness (QED) is 0.647. The number of nitrogens with one attached hydrogen (secondary N) is 1. The number of benzene rings is 1. The lowest BCUT2D eigenvalue weighted by molar-refractivity contribution is 0.0942. The number of carbonyl (C=O) groups is 1. The summed E-state index contributed by atoms with van der Waals surface area (Å²) < 4.78 is 10.6. The summed E-state index contributed by atoms with van der Waals surface area (Å²) in [5.41, 5.74) is 0.0931. The van der Waals surface area contributed by atoms with E-state index in [9.17, 15) is 4.79 Å². The zero-order valence-corrected chi connectivity index (χ0v) is 13.3. The average Bonchev–Trinajstić information content (AvgIpc) is 2.54. The first-order valence-corrected chi connectivity index (χ1v) is 7.23. The third kappa shape index (κ3) is 4.51. The van der Waals surface area contributed by atoms with Gasteiger partial charge in [0.25, 0.3) is 5.91 Å². The summed E-state index contributed by atoms with van der Waals surface area (Å²) in [6.07, 6.45) is 0. The molecule has 116 valence electrons. The van der Waals surface area contributed by atoms with Gasteiger partial charge in [0.15, 0.2) is 0 Å². The van der Waals surface area contributed by atoms with Gasteiger partial charge in [0.05, 0.1) is 18.7 Å². The van der Waals surface area contributed by atoms with Gasteiger partial charge in [0.1, 0.15) is 29.0 Å². The van der Waals surface area contributed by atoms with E-state index in [0.29, 0.717) is 24.7 Å². The van der Waals surface area contributed by atoms with Crippen LogP contribution >= 0.6 is 23.2 Å². The standard InChI is InChI=1S/C15H14Cl2N2O3/c1-21-10-3-2-4-11(9-10)22-8-7-18-15(20)14-12(16)5-6-13(17)19-14/h2-6,9H,7-8H2,1H3,(H,18,20). The number of halogens is 2. The molecule has 0 aliphatic heterocycles. The molecule has 1 aromatic carbocycles. The average molecular weight is 341 g/mol. The Kier molecular flexibility index (Phi) is 5.86. The highest BCUT2D eigenvalue weighted by atomic mass is 35.5. The molecular formula is C15H14Cl2N2O3. The molecule has 5 nitrogen and oxygen atoms in total. The van der Waals surface area contributed by atoms with Crippen molar-refractivity contribution in [3.05, 3.63) is 52.3 Å². The first-order valence-electron chi connectivity index (χ1n) is 6.47. The Bertz CT molecular complexity index is 665. The third-order valence-corrected chi connectivity index (χ3v) is 3.24. The second-order valence-electron chi connectivity index (χ2n) is 4.25. The van der Waals surface area contributed by atoms with Crippen LogP contribution in [0.4, 0.5) is 0 Å². The fourth-order valence-electron chi connectivity index (χ4n) is 1.69. The summed E-state index contributed by atoms with van der Waals surface area (Å²) in [6.45, 7) is 0.609. The Balaban J connectivity index is 1.83. The lowest BCUT2D eigenvalue weighted by Gasteiger charge is -2.09. The highest BCUT2D eigenvalue weighted by Crippen LogP contribution is 2.19. The summed E-state index contributed by atoms with van der Waals surface area (Å²) in [7, 11) is 1.58. The zero-order chi connectivity index (χ0) is 15.9. The Morgan fingerprint density at radius 3 is 2.77 bits per heavy atom. The van der Waals surface area contributed by atoms with Crippen LogP contribution in [0, 0.1) is 0 Å². The number of carbonyl (C=O) groups excluding carboxylic acids is 1. The fraction of sp³-hybridized carbons (Fsp3) is 0.200. The predicted molar refractivity (Wildman–Crippen MR) is 85.1 cm³/mol. The molecule has 0 radical (unpaired) electrons. The van der Waals surface area contributed by atoms with Crippen LogP contribution in [0.5, 0.6) is 11.5 Å². The number of rotatable bonds is 6. The van der Waals surface area contributed by atoms with Gasteiger partial charge >= 0.3 is 0 Å². The van der Waals surface area contributed by atoms with Crippen molar-refractivity contribution in [3.8, 4) is 11.5 Å². The molecule has 0 saturated heterocycles. The molecule has 0 aliphatic rings. The van der Waals surface area contributed by atoms with Crippen LogP contribution in [-0.4, -0.2) is 31.2 Å². The van der Waals surface area contributed by atoms with Crippen molar-refractivity contribution in [2.75, 3.05) is 20.3 Å². The number of pyridine rings is 1. The second kappa shape index (κ2) is 7.87. The minimum absolute atomic E-state index is 0.0931. The maximum atomic E-state index is 11.9. The van der Waals surface area contributed by atoms with Crippen LogP contribution in [0.1, 0.15) is 10.5 Å². The molecule has 1 N–H and O–H groups in total. The summed E-state index contributed by atoms with van der Waals surface area (Å²) in [6, 6.07) is 10.3. The number of hydrogen-bond acceptors (Lipinski definition) is 4. The van der Waals surface area contributed by atoms with Crippen molar-refractivity contribution in [1.82, 2.24) is 10.3 Å². The predicted octanol–water partition coefficient (Wildman–Crippen LogP) is 3.21. The molecule has 1 heterocycles. The molecule has 1 amide bonds. The van der Waals surface area contributed by atoms with Crippen molar-refractivity contribution < 1.29 is 14.3 Å². The summed E-state index contributed by atoms with van der Waals surface area (Å²) >= 11 is 11.7. The van der Waals surface area contributed by atoms with E-state index >= 15 is 0 Å². The van der Waals surface area contributed by atoms with E-state index in [-0.39, 0.29) is 15.9 Å². The molecule has 22 heavy (non-hydrogen) atoms. The smallest absolute Gasteiger partial charge is 0.271 e. The van der Waals surface area contributed by atoms with Gasteiger partial charge in [-0.25, -0.2) is 4.98 Å². The van der Waals surface area contributed by atoms with E-state index in [1.165, 1.54) is 12.1 Å². The number of hydrogen-bond donors (Lipinski definition) is 1. The van der Waals surface area contributed by atoms with E-state index < -0.39 is 5.91 Å². The molecule has 7 heteroatoms. The van der Waals surface area contributed by atoms with Gasteiger partial charge in [-0.15, -0.1) is 0 Å². The maximum absolute atomic E-state index is 11.9. The van der Waals surface area contributed by atoms with Gasteiger partial charge in [-0.05, 0) is 24.3 Å². The minimum Gasteiger partial charge on any atom is -0.497 e. The second-order valence-corrected chi connectivity index (χ2v) is 5.04. The van der Waals surface area contributed by atoms with E-state index in [2.05, 4.69) is 10.3 Å². The molecule has 0 aliphatic carbocycles. The van der Waals surface area contributed by atoms with Gasteiger partial charge in [0, 0.05) is 6.07 Å². The molecule has 0 fully saturated rings. The monoisotopic (exact) mass is 340 g/mol. The lowest BCUT2D eigenvalue weighted by Crippen LogP contribution is -2.29. The van der Waals surface area contributed by atoms with Crippen molar-refractivity contribution in [2.45, 2.75) is 0 Å². The molecule has 0 unspecified atom stereocenters. The molecule has 0 saturated carbocycles. The molecular weight excluding hydrogens is 327 g/mol. The highest BCUT2D eigenvalue weighted by molar-refractivity contribution is 6.34. The minimum atomic E-state index is -0.401. The van der Waals surface area contributed by atoms with Crippen molar-refractivity contribution >= 4 is 29.1 Å². The van der Waals surface area contributed by atoms with Crippen LogP contribution in [0.15, 0.2) is 36.4 Å². The van der Waals surface area contributed by atoms with Crippen LogP contribution in [-0.2, 0) is 0 Å². The normalized spacial score (nSPS) is 10.1. The Labute approximate surface area is 138 Å². The molecule has 0 bridgehead atoms. The van der Waals surface area contributed by atoms with Crippen LogP contribution in [0.3, 0.4) is 0 Å². The molecule has 0 atom stereocenters. The van der Waals surface area contributed by atoms with Gasteiger partial charge in [0.2, 0.25) is 0 Å². The maximum Gasteiger partial charge on any atom is 0.271 e.